The van der Waals surface area contributed by atoms with Gasteiger partial charge < -0.3 is 0 Å². The van der Waals surface area contributed by atoms with Crippen LogP contribution in [-0.4, -0.2) is 0 Å². The SMILES string of the molecule is C/C=C/CCC(c1ccccc1)c1ccccc1. The molecule has 92 valence electrons. The van der Waals surface area contributed by atoms with E-state index >= 15 is 0 Å². The fourth-order valence-electron chi connectivity index (χ4n) is 2.33. The van der Waals surface area contributed by atoms with Crippen LogP contribution in [0.1, 0.15) is 36.8 Å². The van der Waals surface area contributed by atoms with Crippen molar-refractivity contribution in [1.82, 2.24) is 0 Å². The van der Waals surface area contributed by atoms with Gasteiger partial charge in [-0.1, -0.05) is 72.8 Å². The molecule has 0 spiro atoms. The average Bonchev–Trinajstić information content (AvgIpc) is 2.46. The molecule has 0 aliphatic rings. The molecule has 0 atom stereocenters. The van der Waals surface area contributed by atoms with Gasteiger partial charge in [0.2, 0.25) is 0 Å². The zero-order chi connectivity index (χ0) is 12.6. The summed E-state index contributed by atoms with van der Waals surface area (Å²) in [6, 6.07) is 21.6. The zero-order valence-electron chi connectivity index (χ0n) is 10.9. The summed E-state index contributed by atoms with van der Waals surface area (Å²) >= 11 is 0. The van der Waals surface area contributed by atoms with Gasteiger partial charge in [0.1, 0.15) is 0 Å². The van der Waals surface area contributed by atoms with Crippen LogP contribution in [0.3, 0.4) is 0 Å². The van der Waals surface area contributed by atoms with Crippen molar-refractivity contribution < 1.29 is 0 Å². The first-order valence-corrected chi connectivity index (χ1v) is 6.63. The minimum absolute atomic E-state index is 0.503. The Kier molecular flexibility index (Phi) is 4.78. The molecule has 0 aliphatic heterocycles. The highest BCUT2D eigenvalue weighted by Crippen LogP contribution is 2.29. The monoisotopic (exact) mass is 236 g/mol. The molecule has 0 aromatic heterocycles. The Hall–Kier alpha value is -1.82. The van der Waals surface area contributed by atoms with Crippen LogP contribution in [-0.2, 0) is 0 Å². The van der Waals surface area contributed by atoms with Crippen molar-refractivity contribution in [2.24, 2.45) is 0 Å². The minimum Gasteiger partial charge on any atom is -0.0917 e. The predicted octanol–water partition coefficient (Wildman–Crippen LogP) is 5.17. The molecule has 0 heteroatoms. The third-order valence-corrected chi connectivity index (χ3v) is 3.26. The highest BCUT2D eigenvalue weighted by atomic mass is 14.2. The van der Waals surface area contributed by atoms with Gasteiger partial charge in [-0.25, -0.2) is 0 Å². The lowest BCUT2D eigenvalue weighted by atomic mass is 9.87. The number of hydrogen-bond acceptors (Lipinski definition) is 0. The maximum Gasteiger partial charge on any atom is 0.00922 e. The number of benzene rings is 2. The van der Waals surface area contributed by atoms with Gasteiger partial charge in [0, 0.05) is 5.92 Å². The summed E-state index contributed by atoms with van der Waals surface area (Å²) in [5.74, 6) is 0.503. The van der Waals surface area contributed by atoms with E-state index in [4.69, 9.17) is 0 Å². The van der Waals surface area contributed by atoms with Crippen molar-refractivity contribution in [3.05, 3.63) is 83.9 Å². The van der Waals surface area contributed by atoms with Crippen molar-refractivity contribution in [3.8, 4) is 0 Å². The Morgan fingerprint density at radius 3 is 1.78 bits per heavy atom. The number of rotatable bonds is 5. The fraction of sp³-hybridized carbons (Fsp3) is 0.222. The highest BCUT2D eigenvalue weighted by Gasteiger charge is 2.12. The third kappa shape index (κ3) is 3.33. The van der Waals surface area contributed by atoms with Gasteiger partial charge in [0.05, 0.1) is 0 Å². The maximum absolute atomic E-state index is 2.25. The molecule has 0 aliphatic carbocycles. The lowest BCUT2D eigenvalue weighted by molar-refractivity contribution is 0.728. The van der Waals surface area contributed by atoms with Gasteiger partial charge in [-0.15, -0.1) is 0 Å². The molecule has 0 amide bonds. The van der Waals surface area contributed by atoms with E-state index in [-0.39, 0.29) is 0 Å². The Morgan fingerprint density at radius 1 is 0.833 bits per heavy atom. The standard InChI is InChI=1S/C18H20/c1-2-3-6-15-18(16-11-7-4-8-12-16)17-13-9-5-10-14-17/h2-5,7-14,18H,6,15H2,1H3/b3-2+. The molecule has 0 radical (unpaired) electrons. The van der Waals surface area contributed by atoms with Crippen LogP contribution in [0.4, 0.5) is 0 Å². The summed E-state index contributed by atoms with van der Waals surface area (Å²) in [6.45, 7) is 2.08. The Balaban J connectivity index is 2.23. The number of hydrogen-bond donors (Lipinski definition) is 0. The van der Waals surface area contributed by atoms with E-state index in [1.54, 1.807) is 0 Å². The fourth-order valence-corrected chi connectivity index (χ4v) is 2.33. The molecular formula is C18H20. The summed E-state index contributed by atoms with van der Waals surface area (Å²) in [7, 11) is 0. The third-order valence-electron chi connectivity index (χ3n) is 3.26. The van der Waals surface area contributed by atoms with Gasteiger partial charge in [-0.05, 0) is 30.9 Å². The van der Waals surface area contributed by atoms with Crippen LogP contribution in [0.5, 0.6) is 0 Å². The van der Waals surface area contributed by atoms with Crippen LogP contribution in [0.2, 0.25) is 0 Å². The molecule has 2 aromatic rings. The molecule has 0 N–H and O–H groups in total. The van der Waals surface area contributed by atoms with Gasteiger partial charge >= 0.3 is 0 Å². The summed E-state index contributed by atoms with van der Waals surface area (Å²) in [6.07, 6.45) is 6.68. The second-order valence-electron chi connectivity index (χ2n) is 4.52. The molecule has 0 saturated carbocycles. The van der Waals surface area contributed by atoms with Crippen LogP contribution >= 0.6 is 0 Å². The number of allylic oxidation sites excluding steroid dienone is 2. The molecule has 0 nitrogen and oxygen atoms in total. The lowest BCUT2D eigenvalue weighted by Gasteiger charge is -2.17. The first kappa shape index (κ1) is 12.6. The van der Waals surface area contributed by atoms with E-state index in [0.29, 0.717) is 5.92 Å². The minimum atomic E-state index is 0.503. The lowest BCUT2D eigenvalue weighted by Crippen LogP contribution is -2.00. The smallest absolute Gasteiger partial charge is 0.00922 e. The molecule has 2 rings (SSSR count). The van der Waals surface area contributed by atoms with E-state index < -0.39 is 0 Å². The van der Waals surface area contributed by atoms with Gasteiger partial charge in [0.15, 0.2) is 0 Å². The van der Waals surface area contributed by atoms with Crippen molar-refractivity contribution >= 4 is 0 Å². The first-order chi connectivity index (χ1) is 8.92. The van der Waals surface area contributed by atoms with Crippen LogP contribution in [0.25, 0.3) is 0 Å². The van der Waals surface area contributed by atoms with E-state index in [0.717, 1.165) is 6.42 Å². The van der Waals surface area contributed by atoms with E-state index in [1.807, 2.05) is 0 Å². The van der Waals surface area contributed by atoms with Crippen molar-refractivity contribution in [2.45, 2.75) is 25.7 Å². The van der Waals surface area contributed by atoms with Crippen LogP contribution < -0.4 is 0 Å². The van der Waals surface area contributed by atoms with Crippen molar-refractivity contribution in [2.75, 3.05) is 0 Å². The largest absolute Gasteiger partial charge is 0.0917 e. The molecule has 18 heavy (non-hydrogen) atoms. The second kappa shape index (κ2) is 6.80. The predicted molar refractivity (Wildman–Crippen MR) is 78.8 cm³/mol. The van der Waals surface area contributed by atoms with Gasteiger partial charge in [-0.3, -0.25) is 0 Å². The molecule has 0 fully saturated rings. The van der Waals surface area contributed by atoms with Crippen LogP contribution in [0.15, 0.2) is 72.8 Å². The molecule has 0 saturated heterocycles. The van der Waals surface area contributed by atoms with Gasteiger partial charge in [0.25, 0.3) is 0 Å². The van der Waals surface area contributed by atoms with E-state index in [9.17, 15) is 0 Å². The normalized spacial score (nSPS) is 11.2. The van der Waals surface area contributed by atoms with Gasteiger partial charge in [-0.2, -0.15) is 0 Å². The van der Waals surface area contributed by atoms with Crippen molar-refractivity contribution in [3.63, 3.8) is 0 Å². The highest BCUT2D eigenvalue weighted by molar-refractivity contribution is 5.32. The average molecular weight is 236 g/mol. The van der Waals surface area contributed by atoms with E-state index in [2.05, 4.69) is 79.7 Å². The summed E-state index contributed by atoms with van der Waals surface area (Å²) < 4.78 is 0. The molecule has 0 heterocycles. The molecule has 0 bridgehead atoms. The second-order valence-corrected chi connectivity index (χ2v) is 4.52. The summed E-state index contributed by atoms with van der Waals surface area (Å²) in [5.41, 5.74) is 2.82. The molecular weight excluding hydrogens is 216 g/mol. The summed E-state index contributed by atoms with van der Waals surface area (Å²) in [4.78, 5) is 0. The quantitative estimate of drug-likeness (QED) is 0.628. The maximum atomic E-state index is 2.25. The van der Waals surface area contributed by atoms with Crippen molar-refractivity contribution in [1.29, 1.82) is 0 Å². The first-order valence-electron chi connectivity index (χ1n) is 6.63. The molecule has 2 aromatic carbocycles. The molecule has 0 unspecified atom stereocenters. The topological polar surface area (TPSA) is 0 Å². The Labute approximate surface area is 110 Å². The Bertz CT molecular complexity index is 428. The summed E-state index contributed by atoms with van der Waals surface area (Å²) in [5, 5.41) is 0. The zero-order valence-corrected chi connectivity index (χ0v) is 10.9. The Morgan fingerprint density at radius 2 is 1.33 bits per heavy atom. The van der Waals surface area contributed by atoms with E-state index in [1.165, 1.54) is 17.5 Å². The van der Waals surface area contributed by atoms with Crippen LogP contribution in [0, 0.1) is 0 Å².